The van der Waals surface area contributed by atoms with Crippen LogP contribution in [0.4, 0.5) is 18.4 Å². The van der Waals surface area contributed by atoms with Gasteiger partial charge in [-0.2, -0.15) is 8.78 Å². The SMILES string of the molecule is C=O.CC(C)CCCC(=O)N1CCCC1.CC(C)OC(=O)OCOP(=O)(OCOC(=O)OC(C)C)C(F)(F)c1ccc2sc(C(N)=O)cc2c1.CN1CC(c2cccnc2)C1. The number of alkyl halides is 2. The van der Waals surface area contributed by atoms with Crippen molar-refractivity contribution in [2.24, 2.45) is 11.7 Å². The fourth-order valence-corrected chi connectivity index (χ4v) is 7.90. The van der Waals surface area contributed by atoms with E-state index in [1.807, 2.05) is 30.1 Å². The molecule has 2 saturated heterocycles. The smallest absolute Gasteiger partial charge is 0.432 e. The van der Waals surface area contributed by atoms with E-state index in [-0.39, 0.29) is 10.3 Å². The van der Waals surface area contributed by atoms with E-state index in [0.717, 1.165) is 61.2 Å². The number of hydrogen-bond donors (Lipinski definition) is 1. The molecule has 3 aromatic rings. The Balaban J connectivity index is 0.000000395. The van der Waals surface area contributed by atoms with Crippen molar-refractivity contribution < 1.29 is 65.3 Å². The molecule has 0 bridgehead atoms. The first-order chi connectivity index (χ1) is 28.8. The topological polar surface area (TPSA) is 203 Å². The van der Waals surface area contributed by atoms with Crippen LogP contribution in [-0.4, -0.2) is 105 Å². The summed E-state index contributed by atoms with van der Waals surface area (Å²) >= 11 is 0.982. The number of hydrogen-bond acceptors (Lipinski definition) is 15. The van der Waals surface area contributed by atoms with Gasteiger partial charge in [0.25, 0.3) is 5.91 Å². The molecule has 4 heterocycles. The maximum absolute atomic E-state index is 15.4. The third-order valence-corrected chi connectivity index (χ3v) is 11.7. The van der Waals surface area contributed by atoms with Gasteiger partial charge in [0, 0.05) is 61.2 Å². The Morgan fingerprint density at radius 3 is 1.98 bits per heavy atom. The van der Waals surface area contributed by atoms with Gasteiger partial charge in [0.05, 0.1) is 17.1 Å². The lowest BCUT2D eigenvalue weighted by molar-refractivity contribution is -0.130. The quantitative estimate of drug-likeness (QED) is 0.0812. The number of aromatic nitrogens is 1. The number of pyridine rings is 1. The number of rotatable bonds is 16. The van der Waals surface area contributed by atoms with Crippen molar-refractivity contribution >= 4 is 59.9 Å². The predicted molar refractivity (Wildman–Crippen MR) is 225 cm³/mol. The molecule has 0 spiro atoms. The Kier molecular flexibility index (Phi) is 22.5. The minimum Gasteiger partial charge on any atom is -0.432 e. The number of ether oxygens (including phenoxy) is 4. The standard InChI is InChI=1S/C20H24F2NO10PS.C11H21NO.C9H12N2.CH2O/c1-11(2)32-18(25)28-9-30-34(27,31-10-29-19(26)33-12(3)4)20(21,22)14-5-6-15-13(7-14)8-16(35-15)17(23)24;1-10(2)6-5-7-11(13)12-8-3-4-9-12;1-11-6-9(7-11)8-3-2-4-10-5-8;1-2/h5-8,11-12H,9-10H2,1-4H3,(H2,23,24);10H,3-9H2,1-2H3;2-5,9H,6-7H2,1H3;1H2. The highest BCUT2D eigenvalue weighted by Gasteiger charge is 2.56. The van der Waals surface area contributed by atoms with Crippen molar-refractivity contribution in [1.82, 2.24) is 14.8 Å². The van der Waals surface area contributed by atoms with E-state index in [9.17, 15) is 23.7 Å². The molecule has 20 heteroatoms. The number of nitrogens with zero attached hydrogens (tertiary/aromatic N) is 3. The van der Waals surface area contributed by atoms with Crippen LogP contribution in [0.1, 0.15) is 100 Å². The van der Waals surface area contributed by atoms with E-state index >= 15 is 8.78 Å². The van der Waals surface area contributed by atoms with Gasteiger partial charge in [-0.05, 0) is 95.1 Å². The van der Waals surface area contributed by atoms with Gasteiger partial charge in [-0.1, -0.05) is 32.4 Å². The van der Waals surface area contributed by atoms with Crippen molar-refractivity contribution in [1.29, 1.82) is 0 Å². The maximum Gasteiger partial charge on any atom is 0.510 e. The zero-order chi connectivity index (χ0) is 45.8. The lowest BCUT2D eigenvalue weighted by atomic mass is 9.94. The third kappa shape index (κ3) is 17.8. The molecular weight excluding hydrogens is 842 g/mol. The summed E-state index contributed by atoms with van der Waals surface area (Å²) in [7, 11) is -3.36. The van der Waals surface area contributed by atoms with Crippen LogP contribution in [0.25, 0.3) is 10.1 Å². The Labute approximate surface area is 359 Å². The number of likely N-dealkylation sites (tertiary alicyclic amines) is 2. The summed E-state index contributed by atoms with van der Waals surface area (Å²) in [5.74, 6) is 1.09. The molecule has 61 heavy (non-hydrogen) atoms. The molecule has 0 radical (unpaired) electrons. The number of amides is 2. The Morgan fingerprint density at radius 1 is 0.934 bits per heavy atom. The van der Waals surface area contributed by atoms with Crippen LogP contribution in [-0.2, 0) is 47.8 Å². The molecule has 2 N–H and O–H groups in total. The molecule has 16 nitrogen and oxygen atoms in total. The van der Waals surface area contributed by atoms with Crippen LogP contribution in [0.5, 0.6) is 0 Å². The predicted octanol–water partition coefficient (Wildman–Crippen LogP) is 8.67. The average Bonchev–Trinajstić information content (AvgIpc) is 3.89. The molecule has 2 aliphatic rings. The lowest BCUT2D eigenvalue weighted by Gasteiger charge is -2.36. The summed E-state index contributed by atoms with van der Waals surface area (Å²) in [5, 5.41) is 0.223. The van der Waals surface area contributed by atoms with Crippen molar-refractivity contribution in [3.8, 4) is 0 Å². The minimum atomic E-state index is -5.50. The molecule has 2 aliphatic heterocycles. The third-order valence-electron chi connectivity index (χ3n) is 8.76. The highest BCUT2D eigenvalue weighted by atomic mass is 32.1. The zero-order valence-corrected chi connectivity index (χ0v) is 37.6. The van der Waals surface area contributed by atoms with Gasteiger partial charge < -0.3 is 39.3 Å². The van der Waals surface area contributed by atoms with Gasteiger partial charge >= 0.3 is 25.6 Å². The number of thiophene rings is 1. The Bertz CT molecular complexity index is 1840. The highest BCUT2D eigenvalue weighted by Crippen LogP contribution is 2.67. The molecule has 0 unspecified atom stereocenters. The monoisotopic (exact) mass is 900 g/mol. The lowest BCUT2D eigenvalue weighted by Crippen LogP contribution is -2.41. The summed E-state index contributed by atoms with van der Waals surface area (Å²) in [5.41, 5.74) is 1.48. The Hall–Kier alpha value is -4.55. The number of carbonyl (C=O) groups excluding carboxylic acids is 5. The first-order valence-corrected chi connectivity index (χ1v) is 22.1. The zero-order valence-electron chi connectivity index (χ0n) is 35.8. The van der Waals surface area contributed by atoms with Gasteiger partial charge in [0.15, 0.2) is 0 Å². The first-order valence-electron chi connectivity index (χ1n) is 19.7. The number of benzene rings is 1. The molecule has 1 aromatic carbocycles. The van der Waals surface area contributed by atoms with Gasteiger partial charge in [-0.15, -0.1) is 11.3 Å². The molecule has 0 atom stereocenters. The average molecular weight is 901 g/mol. The van der Waals surface area contributed by atoms with E-state index in [2.05, 4.69) is 64.8 Å². The van der Waals surface area contributed by atoms with Crippen LogP contribution in [0.2, 0.25) is 0 Å². The van der Waals surface area contributed by atoms with E-state index < -0.39 is 62.8 Å². The Morgan fingerprint density at radius 2 is 1.51 bits per heavy atom. The number of likely N-dealkylation sites (N-methyl/N-ethyl adjacent to an activating group) is 1. The number of halogens is 2. The second kappa shape index (κ2) is 26.0. The maximum atomic E-state index is 15.4. The molecule has 2 fully saturated rings. The fourth-order valence-electron chi connectivity index (χ4n) is 5.76. The van der Waals surface area contributed by atoms with Crippen LogP contribution in [0.15, 0.2) is 48.8 Å². The number of nitrogens with two attached hydrogens (primary N) is 1. The molecule has 0 saturated carbocycles. The van der Waals surface area contributed by atoms with Crippen LogP contribution in [0, 0.1) is 5.92 Å². The number of carbonyl (C=O) groups is 5. The van der Waals surface area contributed by atoms with E-state index in [1.165, 1.54) is 77.7 Å². The second-order valence-electron chi connectivity index (χ2n) is 15.0. The van der Waals surface area contributed by atoms with Crippen LogP contribution >= 0.6 is 18.9 Å². The summed E-state index contributed by atoms with van der Waals surface area (Å²) < 4.78 is 72.2. The van der Waals surface area contributed by atoms with Crippen molar-refractivity contribution in [2.75, 3.05) is 46.8 Å². The molecule has 0 aliphatic carbocycles. The van der Waals surface area contributed by atoms with Crippen LogP contribution < -0.4 is 5.73 Å². The van der Waals surface area contributed by atoms with Crippen molar-refractivity contribution in [3.05, 3.63) is 64.8 Å². The van der Waals surface area contributed by atoms with Gasteiger partial charge in [0.1, 0.15) is 6.79 Å². The molecule has 2 amide bonds. The molecule has 340 valence electrons. The van der Waals surface area contributed by atoms with Gasteiger partial charge in [-0.25, -0.2) is 9.59 Å². The number of primary amides is 1. The van der Waals surface area contributed by atoms with Crippen LogP contribution in [0.3, 0.4) is 0 Å². The fraction of sp³-hybridized carbons (Fsp3) is 0.561. The molecule has 2 aromatic heterocycles. The largest absolute Gasteiger partial charge is 0.510 e. The summed E-state index contributed by atoms with van der Waals surface area (Å²) in [6, 6.07) is 8.65. The first kappa shape index (κ1) is 52.6. The van der Waals surface area contributed by atoms with Crippen molar-refractivity contribution in [2.45, 2.75) is 97.4 Å². The summed E-state index contributed by atoms with van der Waals surface area (Å²) in [6.07, 6.45) is 5.54. The highest BCUT2D eigenvalue weighted by molar-refractivity contribution is 7.54. The summed E-state index contributed by atoms with van der Waals surface area (Å²) in [6.45, 7) is 14.4. The van der Waals surface area contributed by atoms with Gasteiger partial charge in [-0.3, -0.25) is 28.2 Å². The molecule has 5 rings (SSSR count). The number of fused-ring (bicyclic) bond motifs is 1. The van der Waals surface area contributed by atoms with E-state index in [0.29, 0.717) is 10.6 Å². The van der Waals surface area contributed by atoms with Crippen molar-refractivity contribution in [3.63, 3.8) is 0 Å². The molecular formula is C41H59F2N4O12PS. The second-order valence-corrected chi connectivity index (χ2v) is 18.1. The van der Waals surface area contributed by atoms with E-state index in [1.54, 1.807) is 0 Å². The van der Waals surface area contributed by atoms with Gasteiger partial charge in [0.2, 0.25) is 19.5 Å². The minimum absolute atomic E-state index is 0.130. The van der Waals surface area contributed by atoms with E-state index in [4.69, 9.17) is 10.5 Å². The normalized spacial score (nSPS) is 14.2. The summed E-state index contributed by atoms with van der Waals surface area (Å²) in [4.78, 5) is 62.5.